The van der Waals surface area contributed by atoms with Crippen LogP contribution in [0.5, 0.6) is 5.75 Å². The lowest BCUT2D eigenvalue weighted by Gasteiger charge is -2.58. The van der Waals surface area contributed by atoms with E-state index in [9.17, 15) is 14.7 Å². The van der Waals surface area contributed by atoms with E-state index >= 15 is 0 Å². The Morgan fingerprint density at radius 3 is 2.33 bits per heavy atom. The molecule has 7 rings (SSSR count). The van der Waals surface area contributed by atoms with Gasteiger partial charge in [-0.05, 0) is 86.1 Å². The van der Waals surface area contributed by atoms with Gasteiger partial charge < -0.3 is 15.2 Å². The van der Waals surface area contributed by atoms with Crippen LogP contribution in [0, 0.1) is 23.2 Å². The number of amides is 1. The number of aliphatic carboxylic acids is 1. The molecule has 1 aromatic heterocycles. The molecule has 4 saturated carbocycles. The minimum absolute atomic E-state index is 0.204. The topological polar surface area (TPSA) is 75.6 Å². The minimum atomic E-state index is -0.940. The van der Waals surface area contributed by atoms with Crippen LogP contribution in [-0.4, -0.2) is 23.0 Å². The quantitative estimate of drug-likeness (QED) is 0.330. The second kappa shape index (κ2) is 9.23. The molecular formula is C28H27Cl2NO4S. The highest BCUT2D eigenvalue weighted by atomic mass is 35.5. The maximum absolute atomic E-state index is 13.7. The number of hydrogen-bond acceptors (Lipinski definition) is 4. The highest BCUT2D eigenvalue weighted by molar-refractivity contribution is 7.21. The number of rotatable bonds is 7. The van der Waals surface area contributed by atoms with Crippen molar-refractivity contribution in [1.29, 1.82) is 0 Å². The van der Waals surface area contributed by atoms with Crippen LogP contribution in [0.4, 0.5) is 0 Å². The van der Waals surface area contributed by atoms with Gasteiger partial charge >= 0.3 is 5.97 Å². The van der Waals surface area contributed by atoms with Crippen LogP contribution in [0.1, 0.15) is 53.8 Å². The Labute approximate surface area is 223 Å². The van der Waals surface area contributed by atoms with Crippen LogP contribution in [0.3, 0.4) is 0 Å². The molecule has 0 radical (unpaired) electrons. The maximum Gasteiger partial charge on any atom is 0.326 e. The van der Waals surface area contributed by atoms with E-state index in [1.165, 1.54) is 30.6 Å². The van der Waals surface area contributed by atoms with Gasteiger partial charge in [-0.25, -0.2) is 4.79 Å². The minimum Gasteiger partial charge on any atom is -0.487 e. The Balaban J connectivity index is 1.29. The number of benzene rings is 2. The molecule has 5 nitrogen and oxygen atoms in total. The lowest BCUT2D eigenvalue weighted by molar-refractivity contribution is -0.150. The van der Waals surface area contributed by atoms with Gasteiger partial charge in [0.2, 0.25) is 0 Å². The zero-order chi connectivity index (χ0) is 25.0. The summed E-state index contributed by atoms with van der Waals surface area (Å²) < 4.78 is 7.09. The van der Waals surface area contributed by atoms with Gasteiger partial charge in [0, 0.05) is 15.5 Å². The third-order valence-electron chi connectivity index (χ3n) is 8.34. The number of halogens is 2. The molecule has 0 aliphatic heterocycles. The van der Waals surface area contributed by atoms with Crippen LogP contribution < -0.4 is 10.1 Å². The summed E-state index contributed by atoms with van der Waals surface area (Å²) in [6.07, 6.45) is 6.31. The van der Waals surface area contributed by atoms with E-state index in [2.05, 4.69) is 5.32 Å². The van der Waals surface area contributed by atoms with Crippen molar-refractivity contribution < 1.29 is 19.4 Å². The average Bonchev–Trinajstić information content (AvgIpc) is 3.21. The summed E-state index contributed by atoms with van der Waals surface area (Å²) >= 11 is 13.5. The molecule has 0 saturated heterocycles. The molecule has 1 amide bonds. The van der Waals surface area contributed by atoms with Gasteiger partial charge in [-0.1, -0.05) is 41.4 Å². The molecule has 1 atom stereocenters. The molecule has 0 spiro atoms. The molecule has 4 aliphatic rings. The molecule has 4 aliphatic carbocycles. The Hall–Kier alpha value is -2.28. The highest BCUT2D eigenvalue weighted by Crippen LogP contribution is 2.61. The predicted octanol–water partition coefficient (Wildman–Crippen LogP) is 7.19. The van der Waals surface area contributed by atoms with Gasteiger partial charge in [0.1, 0.15) is 17.5 Å². The van der Waals surface area contributed by atoms with Crippen LogP contribution >= 0.6 is 34.5 Å². The molecule has 1 heterocycles. The fourth-order valence-electron chi connectivity index (χ4n) is 7.30. The molecule has 36 heavy (non-hydrogen) atoms. The first-order chi connectivity index (χ1) is 17.3. The second-order valence-corrected chi connectivity index (χ2v) is 12.7. The van der Waals surface area contributed by atoms with Crippen molar-refractivity contribution in [3.05, 3.63) is 63.0 Å². The Morgan fingerprint density at radius 1 is 1.03 bits per heavy atom. The molecule has 188 valence electrons. The van der Waals surface area contributed by atoms with Gasteiger partial charge in [-0.2, -0.15) is 0 Å². The molecule has 0 unspecified atom stereocenters. The van der Waals surface area contributed by atoms with E-state index < -0.39 is 12.0 Å². The number of thiophene rings is 1. The van der Waals surface area contributed by atoms with Crippen molar-refractivity contribution in [3.63, 3.8) is 0 Å². The first-order valence-electron chi connectivity index (χ1n) is 12.4. The number of hydrogen-bond donors (Lipinski definition) is 2. The number of carbonyl (C=O) groups excluding carboxylic acids is 1. The van der Waals surface area contributed by atoms with Crippen molar-refractivity contribution in [2.75, 3.05) is 0 Å². The summed E-state index contributed by atoms with van der Waals surface area (Å²) in [5.74, 6) is 0.903. The molecular weight excluding hydrogens is 517 g/mol. The lowest BCUT2D eigenvalue weighted by Crippen LogP contribution is -2.59. The van der Waals surface area contributed by atoms with Gasteiger partial charge in [-0.3, -0.25) is 4.79 Å². The Morgan fingerprint density at radius 2 is 1.69 bits per heavy atom. The van der Waals surface area contributed by atoms with Crippen molar-refractivity contribution in [1.82, 2.24) is 5.32 Å². The van der Waals surface area contributed by atoms with E-state index in [-0.39, 0.29) is 17.9 Å². The lowest BCUT2D eigenvalue weighted by atomic mass is 9.47. The van der Waals surface area contributed by atoms with Crippen molar-refractivity contribution in [2.45, 2.75) is 51.2 Å². The van der Waals surface area contributed by atoms with E-state index in [0.29, 0.717) is 38.4 Å². The molecule has 2 N–H and O–H groups in total. The van der Waals surface area contributed by atoms with Crippen LogP contribution in [0.15, 0.2) is 42.5 Å². The van der Waals surface area contributed by atoms with E-state index in [1.807, 2.05) is 30.3 Å². The molecule has 3 aromatic rings. The first-order valence-corrected chi connectivity index (χ1v) is 14.0. The summed E-state index contributed by atoms with van der Waals surface area (Å²) in [6, 6.07) is 12.1. The van der Waals surface area contributed by atoms with Gasteiger partial charge in [0.15, 0.2) is 5.75 Å². The number of carbonyl (C=O) groups is 2. The van der Waals surface area contributed by atoms with Gasteiger partial charge in [-0.15, -0.1) is 11.3 Å². The van der Waals surface area contributed by atoms with Gasteiger partial charge in [0.05, 0.1) is 10.0 Å². The second-order valence-electron chi connectivity index (χ2n) is 10.8. The van der Waals surface area contributed by atoms with E-state index in [4.69, 9.17) is 27.9 Å². The molecule has 2 aromatic carbocycles. The first kappa shape index (κ1) is 24.1. The van der Waals surface area contributed by atoms with Crippen LogP contribution in [0.25, 0.3) is 10.1 Å². The number of nitrogens with one attached hydrogen (secondary N) is 1. The van der Waals surface area contributed by atoms with Crippen molar-refractivity contribution in [2.24, 2.45) is 23.2 Å². The number of ether oxygens (including phenoxy) is 1. The predicted molar refractivity (Wildman–Crippen MR) is 142 cm³/mol. The average molecular weight is 545 g/mol. The fraction of sp³-hybridized carbons (Fsp3) is 0.429. The Kier molecular flexibility index (Phi) is 6.17. The monoisotopic (exact) mass is 543 g/mol. The number of carboxylic acids is 1. The summed E-state index contributed by atoms with van der Waals surface area (Å²) in [6.45, 7) is 0.204. The zero-order valence-corrected chi connectivity index (χ0v) is 22.0. The molecule has 4 bridgehead atoms. The van der Waals surface area contributed by atoms with E-state index in [1.54, 1.807) is 12.1 Å². The smallest absolute Gasteiger partial charge is 0.326 e. The summed E-state index contributed by atoms with van der Waals surface area (Å²) in [5.41, 5.74) is 0.469. The normalized spacial score (nSPS) is 27.2. The summed E-state index contributed by atoms with van der Waals surface area (Å²) in [5, 5.41) is 15.0. The van der Waals surface area contributed by atoms with Crippen LogP contribution in [0.2, 0.25) is 10.0 Å². The maximum atomic E-state index is 13.7. The molecule has 8 heteroatoms. The third-order valence-corrected chi connectivity index (χ3v) is 10.2. The van der Waals surface area contributed by atoms with Crippen molar-refractivity contribution >= 4 is 56.5 Å². The zero-order valence-electron chi connectivity index (χ0n) is 19.6. The number of fused-ring (bicyclic) bond motifs is 1. The SMILES string of the molecule is O=C(N[C@H](C(=O)O)C12C[C@H]3C[C@H](C1)C[C@@H](C2)C3)c1sc2ccccc2c1OCc1ccc(Cl)c(Cl)c1. The molecule has 4 fully saturated rings. The standard InChI is InChI=1S/C28H27Cl2NO4S/c29-20-6-5-15(10-21(20)30)14-35-23-19-3-1-2-4-22(19)36-24(23)26(32)31-25(27(33)34)28-11-16-7-17(12-28)9-18(8-16)13-28/h1-6,10,16-18,25H,7-9,11-14H2,(H,31,32)(H,33,34)/t16-,17-,18-,25-,28?/m1/s1. The largest absolute Gasteiger partial charge is 0.487 e. The van der Waals surface area contributed by atoms with Gasteiger partial charge in [0.25, 0.3) is 5.91 Å². The summed E-state index contributed by atoms with van der Waals surface area (Å²) in [7, 11) is 0. The van der Waals surface area contributed by atoms with E-state index in [0.717, 1.165) is 34.9 Å². The Bertz CT molecular complexity index is 1320. The third kappa shape index (κ3) is 4.27. The number of carboxylic acid groups (broad SMARTS) is 1. The fourth-order valence-corrected chi connectivity index (χ4v) is 8.68. The van der Waals surface area contributed by atoms with Crippen LogP contribution in [-0.2, 0) is 11.4 Å². The van der Waals surface area contributed by atoms with Crippen molar-refractivity contribution in [3.8, 4) is 5.75 Å². The highest BCUT2D eigenvalue weighted by Gasteiger charge is 2.56. The summed E-state index contributed by atoms with van der Waals surface area (Å²) in [4.78, 5) is 26.6.